The van der Waals surface area contributed by atoms with E-state index in [0.29, 0.717) is 29.9 Å². The molecule has 4 aliphatic rings. The first-order valence-electron chi connectivity index (χ1n) is 11.4. The molecule has 2 aliphatic carbocycles. The molecule has 5 atom stereocenters. The van der Waals surface area contributed by atoms with Crippen molar-refractivity contribution >= 4 is 17.4 Å². The number of likely N-dealkylation sites (tertiary alicyclic amines) is 1. The quantitative estimate of drug-likeness (QED) is 0.485. The fourth-order valence-corrected chi connectivity index (χ4v) is 6.39. The zero-order chi connectivity index (χ0) is 22.6. The molecule has 6 heteroatoms. The molecule has 7 rings (SSSR count). The number of aliphatic hydroxyl groups is 1. The number of likely N-dealkylation sites (N-methyl/N-ethyl adjacent to an activating group) is 1. The van der Waals surface area contributed by atoms with Gasteiger partial charge in [-0.05, 0) is 50.2 Å². The molecular weight excluding hydrogens is 416 g/mol. The van der Waals surface area contributed by atoms with E-state index in [-0.39, 0.29) is 11.5 Å². The summed E-state index contributed by atoms with van der Waals surface area (Å²) < 4.78 is 11.3. The topological polar surface area (TPSA) is 71.9 Å². The van der Waals surface area contributed by atoms with E-state index in [1.54, 1.807) is 0 Å². The van der Waals surface area contributed by atoms with E-state index in [9.17, 15) is 9.90 Å². The van der Waals surface area contributed by atoms with Gasteiger partial charge in [0.15, 0.2) is 11.5 Å². The second-order valence-electron chi connectivity index (χ2n) is 9.32. The summed E-state index contributed by atoms with van der Waals surface area (Å²) >= 11 is 0. The van der Waals surface area contributed by atoms with Gasteiger partial charge in [-0.15, -0.1) is 0 Å². The van der Waals surface area contributed by atoms with Crippen molar-refractivity contribution < 1.29 is 19.4 Å². The van der Waals surface area contributed by atoms with Crippen LogP contribution in [0.3, 0.4) is 0 Å². The first kappa shape index (κ1) is 20.4. The molecule has 2 aromatic carbocycles. The van der Waals surface area contributed by atoms with Crippen LogP contribution >= 0.6 is 0 Å². The van der Waals surface area contributed by atoms with Crippen LogP contribution in [-0.4, -0.2) is 53.3 Å². The lowest BCUT2D eigenvalue weighted by Crippen LogP contribution is -2.64. The van der Waals surface area contributed by atoms with E-state index < -0.39 is 6.10 Å². The average Bonchev–Trinajstić information content (AvgIpc) is 3.20. The number of aromatic nitrogens is 1. The number of carbonyl (C=O) groups excluding carboxylic acids is 1. The molecule has 1 saturated heterocycles. The van der Waals surface area contributed by atoms with Crippen LogP contribution in [0.4, 0.5) is 0 Å². The number of carbonyl (C=O) groups is 1. The van der Waals surface area contributed by atoms with Gasteiger partial charge in [-0.3, -0.25) is 9.78 Å². The fourth-order valence-electron chi connectivity index (χ4n) is 6.39. The molecular formula is C27H26N2O4. The van der Waals surface area contributed by atoms with Crippen LogP contribution in [0.15, 0.2) is 66.9 Å². The zero-order valence-corrected chi connectivity index (χ0v) is 18.4. The number of benzene rings is 2. The molecule has 0 saturated carbocycles. The van der Waals surface area contributed by atoms with Crippen molar-refractivity contribution in [2.45, 2.75) is 36.5 Å². The van der Waals surface area contributed by atoms with Crippen LogP contribution in [0.2, 0.25) is 0 Å². The third-order valence-corrected chi connectivity index (χ3v) is 7.82. The Morgan fingerprint density at radius 3 is 2.88 bits per heavy atom. The van der Waals surface area contributed by atoms with Crippen molar-refractivity contribution in [3.8, 4) is 11.5 Å². The number of piperidine rings is 1. The van der Waals surface area contributed by atoms with Crippen molar-refractivity contribution in [1.82, 2.24) is 9.88 Å². The molecule has 2 aliphatic heterocycles. The Balaban J connectivity index is 0.000000173. The number of pyridine rings is 1. The van der Waals surface area contributed by atoms with Gasteiger partial charge in [0.25, 0.3) is 6.47 Å². The Morgan fingerprint density at radius 2 is 2.03 bits per heavy atom. The number of fused-ring (bicyclic) bond motifs is 1. The van der Waals surface area contributed by atoms with Crippen LogP contribution in [0.1, 0.15) is 17.5 Å². The highest BCUT2D eigenvalue weighted by Gasteiger charge is 2.64. The first-order valence-corrected chi connectivity index (χ1v) is 11.4. The highest BCUT2D eigenvalue weighted by atomic mass is 16.6. The number of para-hydroxylation sites is 1. The van der Waals surface area contributed by atoms with E-state index in [1.165, 1.54) is 16.5 Å². The number of hydrogen-bond donors (Lipinski definition) is 1. The van der Waals surface area contributed by atoms with Crippen LogP contribution < -0.4 is 9.47 Å². The highest BCUT2D eigenvalue weighted by Crippen LogP contribution is 2.62. The fraction of sp³-hybridized carbons (Fsp3) is 0.333. The second-order valence-corrected chi connectivity index (χ2v) is 9.32. The van der Waals surface area contributed by atoms with E-state index in [4.69, 9.17) is 9.47 Å². The van der Waals surface area contributed by atoms with E-state index in [2.05, 4.69) is 41.2 Å². The lowest BCUT2D eigenvalue weighted by atomic mass is 9.53. The van der Waals surface area contributed by atoms with E-state index >= 15 is 0 Å². The minimum Gasteiger partial charge on any atom is -0.482 e. The molecule has 1 fully saturated rings. The Labute approximate surface area is 192 Å². The molecule has 6 nitrogen and oxygen atoms in total. The predicted octanol–water partition coefficient (Wildman–Crippen LogP) is 3.26. The number of hydrogen-bond acceptors (Lipinski definition) is 6. The normalized spacial score (nSPS) is 30.6. The van der Waals surface area contributed by atoms with Crippen molar-refractivity contribution in [3.05, 3.63) is 78.0 Å². The van der Waals surface area contributed by atoms with Crippen molar-refractivity contribution in [2.75, 3.05) is 13.6 Å². The SMILES string of the molecule is CN1CC[C@]23c4c5ccc(OC=O)c4O[C@H]2[C@@H](O)C=C[C@H]3[C@H]1C5.c1ccc2ncccc2c1. The summed E-state index contributed by atoms with van der Waals surface area (Å²) in [5, 5.41) is 11.7. The predicted molar refractivity (Wildman–Crippen MR) is 124 cm³/mol. The maximum atomic E-state index is 10.8. The number of aliphatic hydroxyl groups excluding tert-OH is 1. The van der Waals surface area contributed by atoms with Crippen molar-refractivity contribution in [2.24, 2.45) is 5.92 Å². The van der Waals surface area contributed by atoms with Gasteiger partial charge < -0.3 is 19.5 Å². The van der Waals surface area contributed by atoms with E-state index in [0.717, 1.165) is 24.9 Å². The van der Waals surface area contributed by atoms with Gasteiger partial charge in [-0.2, -0.15) is 0 Å². The number of rotatable bonds is 2. The number of nitrogens with zero attached hydrogens (tertiary/aromatic N) is 2. The monoisotopic (exact) mass is 442 g/mol. The van der Waals surface area contributed by atoms with Gasteiger partial charge in [0, 0.05) is 34.5 Å². The van der Waals surface area contributed by atoms with E-state index in [1.807, 2.05) is 42.6 Å². The van der Waals surface area contributed by atoms with Gasteiger partial charge in [-0.25, -0.2) is 0 Å². The third-order valence-electron chi connectivity index (χ3n) is 7.82. The largest absolute Gasteiger partial charge is 0.482 e. The zero-order valence-electron chi connectivity index (χ0n) is 18.4. The molecule has 3 heterocycles. The van der Waals surface area contributed by atoms with Gasteiger partial charge in [0.2, 0.25) is 0 Å². The lowest BCUT2D eigenvalue weighted by Gasteiger charge is -2.56. The van der Waals surface area contributed by atoms with Gasteiger partial charge in [0.1, 0.15) is 12.2 Å². The molecule has 0 unspecified atom stereocenters. The van der Waals surface area contributed by atoms with Gasteiger partial charge in [-0.1, -0.05) is 42.5 Å². The molecule has 0 radical (unpaired) electrons. The summed E-state index contributed by atoms with van der Waals surface area (Å²) in [6.45, 7) is 1.42. The van der Waals surface area contributed by atoms with Crippen LogP contribution in [0.25, 0.3) is 10.9 Å². The summed E-state index contributed by atoms with van der Waals surface area (Å²) in [6, 6.07) is 16.4. The molecule has 33 heavy (non-hydrogen) atoms. The Hall–Kier alpha value is -3.22. The molecule has 0 amide bonds. The Morgan fingerprint density at radius 1 is 1.18 bits per heavy atom. The van der Waals surface area contributed by atoms with Gasteiger partial charge >= 0.3 is 0 Å². The Kier molecular flexibility index (Phi) is 4.75. The third kappa shape index (κ3) is 2.94. The summed E-state index contributed by atoms with van der Waals surface area (Å²) in [4.78, 5) is 17.4. The number of ether oxygens (including phenoxy) is 2. The minimum absolute atomic E-state index is 0.198. The molecule has 1 N–H and O–H groups in total. The Bertz CT molecular complexity index is 1190. The molecule has 1 aromatic heterocycles. The molecule has 2 bridgehead atoms. The summed E-state index contributed by atoms with van der Waals surface area (Å²) in [5.74, 6) is 1.45. The lowest BCUT2D eigenvalue weighted by molar-refractivity contribution is -0.120. The van der Waals surface area contributed by atoms with Crippen LogP contribution in [0.5, 0.6) is 11.5 Å². The highest BCUT2D eigenvalue weighted by molar-refractivity contribution is 5.77. The maximum Gasteiger partial charge on any atom is 0.298 e. The van der Waals surface area contributed by atoms with Crippen LogP contribution in [0, 0.1) is 5.92 Å². The summed E-state index contributed by atoms with van der Waals surface area (Å²) in [7, 11) is 2.18. The maximum absolute atomic E-state index is 10.8. The molecule has 1 spiro atoms. The average molecular weight is 443 g/mol. The standard InChI is InChI=1S/C18H19NO4.C9H7N/c1-19-7-6-18-11-3-4-13(21)17(18)23-16-14(22-9-20)5-2-10(15(16)18)8-12(11)19;1-2-6-9-8(4-1)5-3-7-10-9/h2-5,9,11-13,17,21H,6-8H2,1H3;1-7H/t11-,12+,13-,17-,18-;/m0./s1. The van der Waals surface area contributed by atoms with Crippen molar-refractivity contribution in [1.29, 1.82) is 0 Å². The molecule has 3 aromatic rings. The first-order chi connectivity index (χ1) is 16.1. The smallest absolute Gasteiger partial charge is 0.298 e. The van der Waals surface area contributed by atoms with Crippen molar-refractivity contribution in [3.63, 3.8) is 0 Å². The minimum atomic E-state index is -0.627. The summed E-state index contributed by atoms with van der Waals surface area (Å²) in [6.07, 6.45) is 6.84. The van der Waals surface area contributed by atoms with Gasteiger partial charge in [0.05, 0.1) is 5.52 Å². The molecule has 168 valence electrons. The summed E-state index contributed by atoms with van der Waals surface area (Å²) in [5.41, 5.74) is 3.29. The van der Waals surface area contributed by atoms with Crippen LogP contribution in [-0.2, 0) is 16.6 Å². The second kappa shape index (κ2) is 7.68.